The lowest BCUT2D eigenvalue weighted by Gasteiger charge is -2.34. The predicted molar refractivity (Wildman–Crippen MR) is 151 cm³/mol. The van der Waals surface area contributed by atoms with Crippen LogP contribution in [0.5, 0.6) is 5.75 Å². The highest BCUT2D eigenvalue weighted by Crippen LogP contribution is 2.27. The highest BCUT2D eigenvalue weighted by atomic mass is 16.6. The van der Waals surface area contributed by atoms with Crippen LogP contribution in [0.2, 0.25) is 0 Å². The fraction of sp³-hybridized carbons (Fsp3) is 0.448. The van der Waals surface area contributed by atoms with Crippen molar-refractivity contribution in [3.05, 3.63) is 59.2 Å². The molecule has 0 spiro atoms. The highest BCUT2D eigenvalue weighted by Gasteiger charge is 2.36. The van der Waals surface area contributed by atoms with Gasteiger partial charge in [0.1, 0.15) is 23.4 Å². The largest absolute Gasteiger partial charge is 0.497 e. The normalized spacial score (nSPS) is 12.6. The monoisotopic (exact) mass is 556 g/mol. The smallest absolute Gasteiger partial charge is 0.408 e. The van der Waals surface area contributed by atoms with E-state index in [-0.39, 0.29) is 19.4 Å². The molecule has 2 rings (SSSR count). The molecule has 5 N–H and O–H groups in total. The summed E-state index contributed by atoms with van der Waals surface area (Å²) in [6.07, 6.45) is -1.20. The number of aryl methyl sites for hydroxylation is 2. The van der Waals surface area contributed by atoms with Crippen LogP contribution in [0.4, 0.5) is 10.5 Å². The van der Waals surface area contributed by atoms with Gasteiger partial charge >= 0.3 is 6.09 Å². The van der Waals surface area contributed by atoms with E-state index in [1.807, 2.05) is 19.9 Å². The molecule has 0 aromatic heterocycles. The molecular weight excluding hydrogens is 516 g/mol. The molecule has 0 bridgehead atoms. The van der Waals surface area contributed by atoms with E-state index in [0.29, 0.717) is 17.0 Å². The first-order valence-electron chi connectivity index (χ1n) is 13.0. The number of hydrogen-bond donors (Lipinski definition) is 4. The molecule has 0 saturated heterocycles. The van der Waals surface area contributed by atoms with Crippen LogP contribution in [0.25, 0.3) is 0 Å². The molecule has 4 amide bonds. The third kappa shape index (κ3) is 9.88. The Morgan fingerprint density at radius 2 is 1.62 bits per heavy atom. The first kappa shape index (κ1) is 32.1. The van der Waals surface area contributed by atoms with Gasteiger partial charge in [-0.1, -0.05) is 29.3 Å². The summed E-state index contributed by atoms with van der Waals surface area (Å²) < 4.78 is 10.5. The first-order chi connectivity index (χ1) is 18.7. The average Bonchev–Trinajstić information content (AvgIpc) is 2.84. The summed E-state index contributed by atoms with van der Waals surface area (Å²) >= 11 is 0. The van der Waals surface area contributed by atoms with E-state index in [4.69, 9.17) is 15.2 Å². The summed E-state index contributed by atoms with van der Waals surface area (Å²) in [4.78, 5) is 53.1. The van der Waals surface area contributed by atoms with Crippen LogP contribution >= 0.6 is 0 Å². The van der Waals surface area contributed by atoms with Crippen LogP contribution in [-0.4, -0.2) is 65.7 Å². The molecular formula is C29H40N4O7. The molecule has 2 atom stereocenters. The summed E-state index contributed by atoms with van der Waals surface area (Å²) in [6, 6.07) is 9.74. The SMILES string of the molecule is COc1ccc(NC(=O)C(c2cc(C)cc(C)c2)N(CCO)C(=O)C(CCC(N)=O)NC(=O)OC(C)(C)C)cc1. The average molecular weight is 557 g/mol. The number of alkyl carbamates (subject to hydrolysis) is 1. The maximum atomic E-state index is 14.0. The lowest BCUT2D eigenvalue weighted by molar-refractivity contribution is -0.141. The fourth-order valence-electron chi connectivity index (χ4n) is 4.19. The van der Waals surface area contributed by atoms with Gasteiger partial charge in [-0.05, 0) is 70.9 Å². The summed E-state index contributed by atoms with van der Waals surface area (Å²) in [7, 11) is 1.53. The number of methoxy groups -OCH3 is 1. The zero-order valence-electron chi connectivity index (χ0n) is 23.9. The number of aliphatic hydroxyl groups excluding tert-OH is 1. The van der Waals surface area contributed by atoms with Crippen molar-refractivity contribution in [2.24, 2.45) is 5.73 Å². The Kier molecular flexibility index (Phi) is 11.5. The van der Waals surface area contributed by atoms with Gasteiger partial charge in [-0.15, -0.1) is 0 Å². The Hall–Kier alpha value is -4.12. The number of nitrogens with two attached hydrogens (primary N) is 1. The maximum Gasteiger partial charge on any atom is 0.408 e. The van der Waals surface area contributed by atoms with Gasteiger partial charge in [-0.25, -0.2) is 4.79 Å². The van der Waals surface area contributed by atoms with Gasteiger partial charge in [-0.3, -0.25) is 14.4 Å². The van der Waals surface area contributed by atoms with Gasteiger partial charge in [0.05, 0.1) is 13.7 Å². The third-order valence-corrected chi connectivity index (χ3v) is 5.77. The standard InChI is InChI=1S/C29H40N4O7/c1-18-15-19(2)17-20(16-18)25(26(36)31-21-7-9-22(39-6)10-8-21)33(13-14-34)27(37)23(11-12-24(30)35)32-28(38)40-29(3,4)5/h7-10,15-17,23,25,34H,11-14H2,1-6H3,(H2,30,35)(H,31,36)(H,32,38). The number of primary amides is 1. The summed E-state index contributed by atoms with van der Waals surface area (Å²) in [6.45, 7) is 8.06. The van der Waals surface area contributed by atoms with Gasteiger partial charge in [0, 0.05) is 18.7 Å². The van der Waals surface area contributed by atoms with Crippen molar-refractivity contribution < 1.29 is 33.8 Å². The molecule has 11 nitrogen and oxygen atoms in total. The lowest BCUT2D eigenvalue weighted by atomic mass is 9.98. The minimum absolute atomic E-state index is 0.130. The van der Waals surface area contributed by atoms with E-state index in [1.165, 1.54) is 12.0 Å². The number of ether oxygens (including phenoxy) is 2. The van der Waals surface area contributed by atoms with Crippen molar-refractivity contribution in [2.45, 2.75) is 65.1 Å². The molecule has 0 aliphatic heterocycles. The number of rotatable bonds is 12. The van der Waals surface area contributed by atoms with Crippen LogP contribution in [0.15, 0.2) is 42.5 Å². The molecule has 2 aromatic carbocycles. The highest BCUT2D eigenvalue weighted by molar-refractivity contribution is 5.99. The second-order valence-electron chi connectivity index (χ2n) is 10.5. The van der Waals surface area contributed by atoms with Crippen LogP contribution in [0, 0.1) is 13.8 Å². The molecule has 0 aliphatic carbocycles. The van der Waals surface area contributed by atoms with Crippen molar-refractivity contribution in [1.29, 1.82) is 0 Å². The number of carbonyl (C=O) groups excluding carboxylic acids is 4. The number of benzene rings is 2. The fourth-order valence-corrected chi connectivity index (χ4v) is 4.19. The topological polar surface area (TPSA) is 160 Å². The lowest BCUT2D eigenvalue weighted by Crippen LogP contribution is -2.53. The number of nitrogens with zero attached hydrogens (tertiary/aromatic N) is 1. The van der Waals surface area contributed by atoms with Gasteiger partial charge < -0.3 is 35.8 Å². The number of carbonyl (C=O) groups is 4. The van der Waals surface area contributed by atoms with Crippen molar-refractivity contribution in [2.75, 3.05) is 25.6 Å². The summed E-state index contributed by atoms with van der Waals surface area (Å²) in [5.74, 6) is -1.29. The molecule has 11 heteroatoms. The van der Waals surface area contributed by atoms with Crippen molar-refractivity contribution in [3.63, 3.8) is 0 Å². The zero-order chi connectivity index (χ0) is 30.0. The Balaban J connectivity index is 2.53. The van der Waals surface area contributed by atoms with Gasteiger partial charge in [-0.2, -0.15) is 0 Å². The summed E-state index contributed by atoms with van der Waals surface area (Å²) in [5.41, 5.74) is 7.19. The number of nitrogens with one attached hydrogen (secondary N) is 2. The summed E-state index contributed by atoms with van der Waals surface area (Å²) in [5, 5.41) is 15.3. The molecule has 0 aliphatic rings. The van der Waals surface area contributed by atoms with Gasteiger partial charge in [0.2, 0.25) is 11.8 Å². The molecule has 0 fully saturated rings. The quantitative estimate of drug-likeness (QED) is 0.313. The Labute approximate surface area is 235 Å². The molecule has 0 heterocycles. The van der Waals surface area contributed by atoms with Gasteiger partial charge in [0.25, 0.3) is 5.91 Å². The molecule has 218 valence electrons. The number of aliphatic hydroxyl groups is 1. The van der Waals surface area contributed by atoms with E-state index in [2.05, 4.69) is 10.6 Å². The van der Waals surface area contributed by atoms with Crippen LogP contribution in [0.1, 0.15) is 56.3 Å². The van der Waals surface area contributed by atoms with Crippen molar-refractivity contribution in [1.82, 2.24) is 10.2 Å². The number of anilines is 1. The zero-order valence-corrected chi connectivity index (χ0v) is 23.9. The predicted octanol–water partition coefficient (Wildman–Crippen LogP) is 2.97. The number of amides is 4. The van der Waals surface area contributed by atoms with E-state index in [9.17, 15) is 24.3 Å². The minimum atomic E-state index is -1.25. The molecule has 2 aromatic rings. The molecule has 40 heavy (non-hydrogen) atoms. The van der Waals surface area contributed by atoms with E-state index in [0.717, 1.165) is 11.1 Å². The Morgan fingerprint density at radius 1 is 1.02 bits per heavy atom. The first-order valence-corrected chi connectivity index (χ1v) is 13.0. The third-order valence-electron chi connectivity index (χ3n) is 5.77. The van der Waals surface area contributed by atoms with Crippen molar-refractivity contribution >= 4 is 29.5 Å². The van der Waals surface area contributed by atoms with Crippen molar-refractivity contribution in [3.8, 4) is 5.75 Å². The maximum absolute atomic E-state index is 14.0. The van der Waals surface area contributed by atoms with Crippen LogP contribution in [0.3, 0.4) is 0 Å². The molecule has 0 saturated carbocycles. The Bertz CT molecular complexity index is 1170. The molecule has 2 unspecified atom stereocenters. The minimum Gasteiger partial charge on any atom is -0.497 e. The van der Waals surface area contributed by atoms with E-state index >= 15 is 0 Å². The van der Waals surface area contributed by atoms with Crippen LogP contribution in [-0.2, 0) is 19.1 Å². The second-order valence-corrected chi connectivity index (χ2v) is 10.5. The Morgan fingerprint density at radius 3 is 2.12 bits per heavy atom. The van der Waals surface area contributed by atoms with Gasteiger partial charge in [0.15, 0.2) is 0 Å². The van der Waals surface area contributed by atoms with E-state index < -0.39 is 48.1 Å². The van der Waals surface area contributed by atoms with Crippen LogP contribution < -0.4 is 21.1 Å². The molecule has 0 radical (unpaired) electrons. The second kappa shape index (κ2) is 14.3. The van der Waals surface area contributed by atoms with E-state index in [1.54, 1.807) is 57.2 Å². The number of hydrogen-bond acceptors (Lipinski definition) is 7.